The summed E-state index contributed by atoms with van der Waals surface area (Å²) in [6.07, 6.45) is 3.81. The van der Waals surface area contributed by atoms with Gasteiger partial charge in [0.25, 0.3) is 0 Å². The molecule has 0 saturated heterocycles. The van der Waals surface area contributed by atoms with Gasteiger partial charge < -0.3 is 5.32 Å². The van der Waals surface area contributed by atoms with Crippen LogP contribution in [0.15, 0.2) is 5.38 Å². The molecule has 3 heteroatoms. The third kappa shape index (κ3) is 2.06. The fourth-order valence-electron chi connectivity index (χ4n) is 1.94. The van der Waals surface area contributed by atoms with E-state index in [0.29, 0.717) is 6.04 Å². The van der Waals surface area contributed by atoms with E-state index in [1.807, 2.05) is 11.3 Å². The van der Waals surface area contributed by atoms with Crippen molar-refractivity contribution in [2.45, 2.75) is 32.2 Å². The molecule has 0 aromatic carbocycles. The Labute approximate surface area is 90.0 Å². The molecule has 1 unspecified atom stereocenters. The molecule has 1 N–H and O–H groups in total. The van der Waals surface area contributed by atoms with Gasteiger partial charge in [-0.1, -0.05) is 0 Å². The number of hydrogen-bond acceptors (Lipinski definition) is 2. The first kappa shape index (κ1) is 11.0. The van der Waals surface area contributed by atoms with Crippen molar-refractivity contribution < 1.29 is 0 Å². The van der Waals surface area contributed by atoms with Crippen LogP contribution in [0.3, 0.4) is 0 Å². The van der Waals surface area contributed by atoms with Crippen LogP contribution in [0.4, 0.5) is 0 Å². The summed E-state index contributed by atoms with van der Waals surface area (Å²) in [5, 5.41) is 5.70. The minimum atomic E-state index is 0. The third-order valence-electron chi connectivity index (χ3n) is 2.81. The molecule has 0 amide bonds. The summed E-state index contributed by atoms with van der Waals surface area (Å²) < 4.78 is 0. The van der Waals surface area contributed by atoms with Gasteiger partial charge in [-0.05, 0) is 49.7 Å². The van der Waals surface area contributed by atoms with Crippen molar-refractivity contribution in [3.8, 4) is 0 Å². The highest BCUT2D eigenvalue weighted by Gasteiger charge is 2.19. The average Bonchev–Trinajstić information content (AvgIpc) is 2.47. The molecule has 0 saturated carbocycles. The van der Waals surface area contributed by atoms with E-state index < -0.39 is 0 Å². The van der Waals surface area contributed by atoms with Crippen LogP contribution in [0.25, 0.3) is 0 Å². The van der Waals surface area contributed by atoms with Gasteiger partial charge in [-0.2, -0.15) is 0 Å². The van der Waals surface area contributed by atoms with Crippen molar-refractivity contribution in [3.63, 3.8) is 0 Å². The van der Waals surface area contributed by atoms with E-state index in [2.05, 4.69) is 24.7 Å². The van der Waals surface area contributed by atoms with Gasteiger partial charge in [-0.3, -0.25) is 0 Å². The lowest BCUT2D eigenvalue weighted by atomic mass is 9.90. The standard InChI is InChI=1S/C10H15NS.ClH/c1-7-10-5-9(11-2)4-3-8(10)6-12-7;/h6,9,11H,3-5H2,1-2H3;1H. The van der Waals surface area contributed by atoms with Crippen LogP contribution < -0.4 is 5.32 Å². The molecule has 0 radical (unpaired) electrons. The normalized spacial score (nSPS) is 20.6. The Morgan fingerprint density at radius 2 is 2.31 bits per heavy atom. The minimum Gasteiger partial charge on any atom is -0.317 e. The zero-order valence-electron chi connectivity index (χ0n) is 8.09. The van der Waals surface area contributed by atoms with E-state index in [4.69, 9.17) is 0 Å². The summed E-state index contributed by atoms with van der Waals surface area (Å²) in [5.74, 6) is 0. The summed E-state index contributed by atoms with van der Waals surface area (Å²) >= 11 is 1.90. The van der Waals surface area contributed by atoms with Crippen LogP contribution in [0, 0.1) is 6.92 Å². The number of likely N-dealkylation sites (N-methyl/N-ethyl adjacent to an activating group) is 1. The summed E-state index contributed by atoms with van der Waals surface area (Å²) in [5.41, 5.74) is 3.22. The van der Waals surface area contributed by atoms with Crippen molar-refractivity contribution in [2.24, 2.45) is 0 Å². The maximum absolute atomic E-state index is 3.37. The Morgan fingerprint density at radius 1 is 1.54 bits per heavy atom. The number of fused-ring (bicyclic) bond motifs is 1. The van der Waals surface area contributed by atoms with Crippen LogP contribution in [0.2, 0.25) is 0 Å². The van der Waals surface area contributed by atoms with Crippen molar-refractivity contribution in [1.29, 1.82) is 0 Å². The predicted molar refractivity (Wildman–Crippen MR) is 61.2 cm³/mol. The SMILES string of the molecule is CNC1CCc2csc(C)c2C1.Cl. The molecule has 13 heavy (non-hydrogen) atoms. The summed E-state index contributed by atoms with van der Waals surface area (Å²) in [4.78, 5) is 1.52. The van der Waals surface area contributed by atoms with Gasteiger partial charge in [0.15, 0.2) is 0 Å². The Kier molecular flexibility index (Phi) is 3.77. The molecule has 2 rings (SSSR count). The van der Waals surface area contributed by atoms with E-state index >= 15 is 0 Å². The Bertz CT molecular complexity index is 282. The van der Waals surface area contributed by atoms with Crippen molar-refractivity contribution >= 4 is 23.7 Å². The van der Waals surface area contributed by atoms with Crippen molar-refractivity contribution in [1.82, 2.24) is 5.32 Å². The van der Waals surface area contributed by atoms with Gasteiger partial charge in [0.1, 0.15) is 0 Å². The molecule has 1 aliphatic carbocycles. The molecular weight excluding hydrogens is 202 g/mol. The highest BCUT2D eigenvalue weighted by molar-refractivity contribution is 7.10. The Hall–Kier alpha value is -0.0500. The average molecular weight is 218 g/mol. The second-order valence-corrected chi connectivity index (χ2v) is 4.61. The molecule has 0 aliphatic heterocycles. The number of thiophene rings is 1. The first-order valence-corrected chi connectivity index (χ1v) is 5.42. The second kappa shape index (κ2) is 4.45. The molecule has 74 valence electrons. The number of halogens is 1. The zero-order valence-corrected chi connectivity index (χ0v) is 9.73. The third-order valence-corrected chi connectivity index (χ3v) is 3.81. The van der Waals surface area contributed by atoms with Gasteiger partial charge in [-0.25, -0.2) is 0 Å². The summed E-state index contributed by atoms with van der Waals surface area (Å²) in [6.45, 7) is 2.24. The molecular formula is C10H16ClNS. The maximum Gasteiger partial charge on any atom is 0.0108 e. The van der Waals surface area contributed by atoms with Gasteiger partial charge in [0.2, 0.25) is 0 Å². The fraction of sp³-hybridized carbons (Fsp3) is 0.600. The topological polar surface area (TPSA) is 12.0 Å². The van der Waals surface area contributed by atoms with Gasteiger partial charge in [0, 0.05) is 10.9 Å². The molecule has 1 aromatic heterocycles. The second-order valence-electron chi connectivity index (χ2n) is 3.52. The van der Waals surface area contributed by atoms with Gasteiger partial charge >= 0.3 is 0 Å². The highest BCUT2D eigenvalue weighted by atomic mass is 35.5. The Balaban J connectivity index is 0.000000845. The predicted octanol–water partition coefficient (Wildman–Crippen LogP) is 2.56. The molecule has 0 fully saturated rings. The molecule has 1 nitrogen and oxygen atoms in total. The minimum absolute atomic E-state index is 0. The van der Waals surface area contributed by atoms with Gasteiger partial charge in [-0.15, -0.1) is 23.7 Å². The Morgan fingerprint density at radius 3 is 3.00 bits per heavy atom. The van der Waals surface area contributed by atoms with Crippen LogP contribution in [0.1, 0.15) is 22.4 Å². The number of rotatable bonds is 1. The summed E-state index contributed by atoms with van der Waals surface area (Å²) in [7, 11) is 2.07. The van der Waals surface area contributed by atoms with E-state index in [-0.39, 0.29) is 12.4 Å². The quantitative estimate of drug-likeness (QED) is 0.763. The maximum atomic E-state index is 3.37. The van der Waals surface area contributed by atoms with Crippen LogP contribution in [-0.4, -0.2) is 13.1 Å². The summed E-state index contributed by atoms with van der Waals surface area (Å²) in [6, 6.07) is 0.714. The largest absolute Gasteiger partial charge is 0.317 e. The van der Waals surface area contributed by atoms with E-state index in [0.717, 1.165) is 0 Å². The highest BCUT2D eigenvalue weighted by Crippen LogP contribution is 2.28. The number of nitrogens with one attached hydrogen (secondary N) is 1. The van der Waals surface area contributed by atoms with Crippen molar-refractivity contribution in [3.05, 3.63) is 21.4 Å². The lowest BCUT2D eigenvalue weighted by Crippen LogP contribution is -2.31. The smallest absolute Gasteiger partial charge is 0.0108 e. The number of hydrogen-bond donors (Lipinski definition) is 1. The van der Waals surface area contributed by atoms with Crippen LogP contribution in [0.5, 0.6) is 0 Å². The zero-order chi connectivity index (χ0) is 8.55. The van der Waals surface area contributed by atoms with Gasteiger partial charge in [0.05, 0.1) is 0 Å². The van der Waals surface area contributed by atoms with Crippen molar-refractivity contribution in [2.75, 3.05) is 7.05 Å². The molecule has 0 bridgehead atoms. The molecule has 1 atom stereocenters. The van der Waals surface area contributed by atoms with E-state index in [1.54, 1.807) is 11.1 Å². The monoisotopic (exact) mass is 217 g/mol. The van der Waals surface area contributed by atoms with Crippen LogP contribution >= 0.6 is 23.7 Å². The van der Waals surface area contributed by atoms with E-state index in [1.165, 1.54) is 24.1 Å². The first-order valence-electron chi connectivity index (χ1n) is 4.54. The number of aryl methyl sites for hydroxylation is 2. The molecule has 0 spiro atoms. The lowest BCUT2D eigenvalue weighted by molar-refractivity contribution is 0.497. The first-order chi connectivity index (χ1) is 5.81. The fourth-order valence-corrected chi connectivity index (χ4v) is 2.87. The molecule has 1 heterocycles. The van der Waals surface area contributed by atoms with Crippen LogP contribution in [-0.2, 0) is 12.8 Å². The lowest BCUT2D eigenvalue weighted by Gasteiger charge is -2.22. The van der Waals surface area contributed by atoms with E-state index in [9.17, 15) is 0 Å². The molecule has 1 aliphatic rings. The molecule has 1 aromatic rings.